The molecule has 3 atom stereocenters. The van der Waals surface area contributed by atoms with Crippen molar-refractivity contribution < 1.29 is 38.4 Å². The van der Waals surface area contributed by atoms with Gasteiger partial charge in [-0.3, -0.25) is 14.4 Å². The van der Waals surface area contributed by atoms with Crippen LogP contribution in [0.1, 0.15) is 176 Å². The number of carbonyl (C=O) groups excluding carboxylic acids is 3. The maximum Gasteiger partial charge on any atom is 0.308 e. The van der Waals surface area contributed by atoms with Crippen LogP contribution in [0.5, 0.6) is 0 Å². The topological polar surface area (TPSA) is 108 Å². The van der Waals surface area contributed by atoms with E-state index in [0.29, 0.717) is 32.5 Å². The Bertz CT molecular complexity index is 846. The average molecular weight is 709 g/mol. The molecule has 0 aromatic carbocycles. The Morgan fingerprint density at radius 3 is 1.84 bits per heavy atom. The van der Waals surface area contributed by atoms with E-state index < -0.39 is 12.4 Å². The Morgan fingerprint density at radius 2 is 1.26 bits per heavy atom. The zero-order chi connectivity index (χ0) is 37.1. The van der Waals surface area contributed by atoms with Crippen molar-refractivity contribution in [2.45, 2.75) is 188 Å². The minimum absolute atomic E-state index is 0.0218. The molecule has 0 fully saturated rings. The molecule has 0 radical (unpaired) electrons. The van der Waals surface area contributed by atoms with Gasteiger partial charge in [0.05, 0.1) is 18.9 Å². The first-order valence-electron chi connectivity index (χ1n) is 20.3. The van der Waals surface area contributed by atoms with Gasteiger partial charge in [-0.15, -0.1) is 0 Å². The van der Waals surface area contributed by atoms with E-state index in [9.17, 15) is 19.5 Å². The van der Waals surface area contributed by atoms with Gasteiger partial charge in [0, 0.05) is 45.5 Å². The van der Waals surface area contributed by atoms with Crippen LogP contribution in [-0.2, 0) is 33.3 Å². The molecule has 0 heterocycles. The molecule has 0 aliphatic carbocycles. The Kier molecular flexibility index (Phi) is 33.9. The van der Waals surface area contributed by atoms with Crippen LogP contribution in [0.4, 0.5) is 0 Å². The Morgan fingerprint density at radius 1 is 0.640 bits per heavy atom. The molecule has 0 bridgehead atoms. The van der Waals surface area contributed by atoms with Crippen molar-refractivity contribution in [2.75, 3.05) is 26.4 Å². The predicted octanol–water partition coefficient (Wildman–Crippen LogP) is 10.4. The van der Waals surface area contributed by atoms with Crippen molar-refractivity contribution in [1.29, 1.82) is 0 Å². The second-order valence-electron chi connectivity index (χ2n) is 13.8. The van der Waals surface area contributed by atoms with Crippen molar-refractivity contribution in [3.8, 4) is 0 Å². The summed E-state index contributed by atoms with van der Waals surface area (Å²) in [5, 5.41) is 9.36. The first kappa shape index (κ1) is 48.0. The first-order chi connectivity index (χ1) is 24.3. The molecule has 0 aromatic rings. The lowest BCUT2D eigenvalue weighted by atomic mass is 9.95. The van der Waals surface area contributed by atoms with Crippen molar-refractivity contribution in [3.63, 3.8) is 0 Å². The smallest absolute Gasteiger partial charge is 0.308 e. The normalized spacial score (nSPS) is 13.7. The summed E-state index contributed by atoms with van der Waals surface area (Å²) in [5.74, 6) is -0.742. The zero-order valence-electron chi connectivity index (χ0n) is 32.8. The van der Waals surface area contributed by atoms with Crippen LogP contribution in [0.2, 0.25) is 0 Å². The summed E-state index contributed by atoms with van der Waals surface area (Å²) in [7, 11) is 0. The molecule has 0 rings (SSSR count). The van der Waals surface area contributed by atoms with Crippen LogP contribution in [0, 0.1) is 11.8 Å². The number of hydrogen-bond donors (Lipinski definition) is 1. The fraction of sp³-hybridized carbons (Fsp3) is 0.833. The molecule has 0 amide bonds. The van der Waals surface area contributed by atoms with E-state index in [4.69, 9.17) is 18.9 Å². The Labute approximate surface area is 306 Å². The number of allylic oxidation sites excluding steroid dienone is 4. The van der Waals surface area contributed by atoms with E-state index in [1.54, 1.807) is 0 Å². The minimum atomic E-state index is -0.546. The van der Waals surface area contributed by atoms with Gasteiger partial charge in [0.25, 0.3) is 0 Å². The number of esters is 2. The fourth-order valence-corrected chi connectivity index (χ4v) is 5.62. The molecule has 8 heteroatoms. The van der Waals surface area contributed by atoms with Gasteiger partial charge in [-0.25, -0.2) is 0 Å². The van der Waals surface area contributed by atoms with Crippen LogP contribution in [0.15, 0.2) is 24.3 Å². The summed E-state index contributed by atoms with van der Waals surface area (Å²) in [6, 6.07) is 0. The number of aliphatic hydroxyl groups excluding tert-OH is 1. The van der Waals surface area contributed by atoms with Crippen molar-refractivity contribution in [1.82, 2.24) is 0 Å². The van der Waals surface area contributed by atoms with Gasteiger partial charge in [-0.2, -0.15) is 0 Å². The van der Waals surface area contributed by atoms with Gasteiger partial charge in [-0.05, 0) is 76.5 Å². The van der Waals surface area contributed by atoms with E-state index in [1.165, 1.54) is 6.42 Å². The van der Waals surface area contributed by atoms with E-state index in [0.717, 1.165) is 96.3 Å². The van der Waals surface area contributed by atoms with E-state index in [1.807, 2.05) is 6.92 Å². The van der Waals surface area contributed by atoms with Gasteiger partial charge >= 0.3 is 11.9 Å². The average Bonchev–Trinajstić information content (AvgIpc) is 3.11. The molecule has 8 nitrogen and oxygen atoms in total. The fourth-order valence-electron chi connectivity index (χ4n) is 5.62. The lowest BCUT2D eigenvalue weighted by Crippen LogP contribution is -2.25. The van der Waals surface area contributed by atoms with Gasteiger partial charge < -0.3 is 24.1 Å². The summed E-state index contributed by atoms with van der Waals surface area (Å²) < 4.78 is 23.8. The predicted molar refractivity (Wildman–Crippen MR) is 204 cm³/mol. The molecule has 0 aliphatic rings. The Balaban J connectivity index is 5.20. The van der Waals surface area contributed by atoms with Crippen molar-refractivity contribution in [2.24, 2.45) is 11.8 Å². The van der Waals surface area contributed by atoms with Gasteiger partial charge in [0.15, 0.2) is 6.29 Å². The molecule has 50 heavy (non-hydrogen) atoms. The number of hydrogen-bond acceptors (Lipinski definition) is 8. The molecule has 0 aliphatic heterocycles. The maximum absolute atomic E-state index is 13.1. The summed E-state index contributed by atoms with van der Waals surface area (Å²) in [4.78, 5) is 38.7. The third-order valence-electron chi connectivity index (χ3n) is 8.79. The minimum Gasteiger partial charge on any atom is -0.465 e. The number of rotatable bonds is 36. The number of carbonyl (C=O) groups is 3. The highest BCUT2D eigenvalue weighted by Gasteiger charge is 2.22. The summed E-state index contributed by atoms with van der Waals surface area (Å²) in [6.45, 7) is 11.6. The largest absolute Gasteiger partial charge is 0.465 e. The third-order valence-corrected chi connectivity index (χ3v) is 8.79. The number of Topliss-reactive ketones (excluding diaryl/α,β-unsaturated/α-hetero) is 1. The van der Waals surface area contributed by atoms with Crippen molar-refractivity contribution >= 4 is 17.7 Å². The van der Waals surface area contributed by atoms with Crippen LogP contribution >= 0.6 is 0 Å². The van der Waals surface area contributed by atoms with E-state index >= 15 is 0 Å². The molecule has 0 aromatic heterocycles. The monoisotopic (exact) mass is 709 g/mol. The molecular weight excluding hydrogens is 632 g/mol. The summed E-state index contributed by atoms with van der Waals surface area (Å²) in [6.07, 6.45) is 25.7. The van der Waals surface area contributed by atoms with Gasteiger partial charge in [0.2, 0.25) is 0 Å². The number of ether oxygens (including phenoxy) is 4. The summed E-state index contributed by atoms with van der Waals surface area (Å²) in [5.41, 5.74) is 0. The quantitative estimate of drug-likeness (QED) is 0.0297. The van der Waals surface area contributed by atoms with Crippen LogP contribution in [0.3, 0.4) is 0 Å². The number of ketones is 1. The van der Waals surface area contributed by atoms with E-state index in [-0.39, 0.29) is 62.0 Å². The van der Waals surface area contributed by atoms with Crippen molar-refractivity contribution in [3.05, 3.63) is 24.3 Å². The standard InChI is InChI=1S/C42H76O8/c1-6-10-14-17-19-22-31-47-41(48-32-23-20-18-15-11-7-2)29-28-40(45)50-39(27-26-38(44)34-36(5)35-43)30-33-49-42(46)37(24-13-9-4)25-21-16-12-8-3/h10-11,14-15,36-37,39,41,43H,6-9,12-13,16-35H2,1-5H3/b14-10-,15-11-. The maximum atomic E-state index is 13.1. The molecule has 292 valence electrons. The first-order valence-corrected chi connectivity index (χ1v) is 20.3. The molecule has 0 spiro atoms. The highest BCUT2D eigenvalue weighted by molar-refractivity contribution is 5.78. The lowest BCUT2D eigenvalue weighted by Gasteiger charge is -2.21. The zero-order valence-corrected chi connectivity index (χ0v) is 32.8. The van der Waals surface area contributed by atoms with Gasteiger partial charge in [0.1, 0.15) is 11.9 Å². The second kappa shape index (κ2) is 35.4. The SMILES string of the molecule is CC/C=C\CCCCOC(CCC(=O)OC(CCOC(=O)C(CCCC)CCCCCC)CCC(=O)CC(C)CO)OCCCC/C=C\CC. The van der Waals surface area contributed by atoms with Crippen LogP contribution in [0.25, 0.3) is 0 Å². The molecule has 0 saturated carbocycles. The number of unbranched alkanes of at least 4 members (excludes halogenated alkanes) is 8. The molecule has 0 saturated heterocycles. The Hall–Kier alpha value is -2.03. The molecule has 1 N–H and O–H groups in total. The van der Waals surface area contributed by atoms with E-state index in [2.05, 4.69) is 52.0 Å². The molecule has 3 unspecified atom stereocenters. The second-order valence-corrected chi connectivity index (χ2v) is 13.8. The lowest BCUT2D eigenvalue weighted by molar-refractivity contribution is -0.164. The third kappa shape index (κ3) is 29.7. The highest BCUT2D eigenvalue weighted by Crippen LogP contribution is 2.20. The van der Waals surface area contributed by atoms with Crippen LogP contribution in [-0.4, -0.2) is 61.6 Å². The molecular formula is C42H76O8. The highest BCUT2D eigenvalue weighted by atomic mass is 16.7. The summed E-state index contributed by atoms with van der Waals surface area (Å²) >= 11 is 0. The van der Waals surface area contributed by atoms with Crippen LogP contribution < -0.4 is 0 Å². The van der Waals surface area contributed by atoms with Gasteiger partial charge in [-0.1, -0.05) is 97.4 Å². The number of aliphatic hydroxyl groups is 1.